The second kappa shape index (κ2) is 6.88. The van der Waals surface area contributed by atoms with E-state index >= 15 is 0 Å². The van der Waals surface area contributed by atoms with Crippen LogP contribution in [0.1, 0.15) is 18.9 Å². The zero-order valence-corrected chi connectivity index (χ0v) is 12.3. The maximum absolute atomic E-state index is 12.0. The minimum atomic E-state index is -0.581. The van der Waals surface area contributed by atoms with E-state index in [2.05, 4.69) is 10.1 Å². The number of esters is 1. The molecule has 1 N–H and O–H groups in total. The third kappa shape index (κ3) is 3.81. The van der Waals surface area contributed by atoms with Crippen LogP contribution in [0.3, 0.4) is 0 Å². The molecule has 1 amide bonds. The summed E-state index contributed by atoms with van der Waals surface area (Å²) in [5, 5.41) is 4.94. The Balaban J connectivity index is 2.05. The highest BCUT2D eigenvalue weighted by atomic mass is 16.5. The average Bonchev–Trinajstić information content (AvgIpc) is 2.51. The van der Waals surface area contributed by atoms with Crippen molar-refractivity contribution in [1.29, 1.82) is 0 Å². The molecule has 0 aliphatic rings. The molecule has 2 aromatic rings. The molecule has 1 atom stereocenters. The molecule has 4 nitrogen and oxygen atoms in total. The lowest BCUT2D eigenvalue weighted by molar-refractivity contribution is -0.145. The van der Waals surface area contributed by atoms with Crippen LogP contribution >= 0.6 is 0 Å². The van der Waals surface area contributed by atoms with Gasteiger partial charge in [0, 0.05) is 0 Å². The first-order valence-corrected chi connectivity index (χ1v) is 6.99. The van der Waals surface area contributed by atoms with E-state index in [1.165, 1.54) is 7.11 Å². The van der Waals surface area contributed by atoms with Crippen molar-refractivity contribution < 1.29 is 14.3 Å². The van der Waals surface area contributed by atoms with Crippen LogP contribution in [0.25, 0.3) is 10.8 Å². The Morgan fingerprint density at radius 1 is 1.14 bits per heavy atom. The summed E-state index contributed by atoms with van der Waals surface area (Å²) in [4.78, 5) is 23.5. The molecule has 0 saturated heterocycles. The Morgan fingerprint density at radius 2 is 1.86 bits per heavy atom. The predicted molar refractivity (Wildman–Crippen MR) is 81.9 cm³/mol. The lowest BCUT2D eigenvalue weighted by atomic mass is 10.0. The zero-order chi connectivity index (χ0) is 15.2. The number of carbonyl (C=O) groups is 2. The van der Waals surface area contributed by atoms with Gasteiger partial charge in [-0.3, -0.25) is 4.79 Å². The fourth-order valence-electron chi connectivity index (χ4n) is 2.25. The third-order valence-corrected chi connectivity index (χ3v) is 3.41. The van der Waals surface area contributed by atoms with E-state index in [0.29, 0.717) is 6.42 Å². The van der Waals surface area contributed by atoms with Crippen molar-refractivity contribution in [3.8, 4) is 0 Å². The highest BCUT2D eigenvalue weighted by molar-refractivity contribution is 5.87. The smallest absolute Gasteiger partial charge is 0.328 e. The lowest BCUT2D eigenvalue weighted by Gasteiger charge is -2.14. The number of nitrogens with one attached hydrogen (secondary N) is 1. The summed E-state index contributed by atoms with van der Waals surface area (Å²) in [6.07, 6.45) is 0.758. The number of hydrogen-bond donors (Lipinski definition) is 1. The molecular formula is C17H19NO3. The van der Waals surface area contributed by atoms with Crippen molar-refractivity contribution in [2.45, 2.75) is 25.8 Å². The Hall–Kier alpha value is -2.36. The summed E-state index contributed by atoms with van der Waals surface area (Å²) in [5.41, 5.74) is 0.922. The van der Waals surface area contributed by atoms with E-state index in [0.717, 1.165) is 16.3 Å². The molecule has 0 radical (unpaired) electrons. The highest BCUT2D eigenvalue weighted by Gasteiger charge is 2.19. The molecular weight excluding hydrogens is 266 g/mol. The molecule has 110 valence electrons. The fraction of sp³-hybridized carbons (Fsp3) is 0.294. The summed E-state index contributed by atoms with van der Waals surface area (Å²) < 4.78 is 4.66. The van der Waals surface area contributed by atoms with Gasteiger partial charge in [0.25, 0.3) is 0 Å². The Labute approximate surface area is 124 Å². The van der Waals surface area contributed by atoms with Crippen LogP contribution in [0.2, 0.25) is 0 Å². The summed E-state index contributed by atoms with van der Waals surface area (Å²) in [5.74, 6) is -0.591. The highest BCUT2D eigenvalue weighted by Crippen LogP contribution is 2.16. The van der Waals surface area contributed by atoms with Crippen LogP contribution in [0.15, 0.2) is 42.5 Å². The summed E-state index contributed by atoms with van der Waals surface area (Å²) >= 11 is 0. The first kappa shape index (κ1) is 15.0. The molecule has 2 aromatic carbocycles. The van der Waals surface area contributed by atoms with Crippen molar-refractivity contribution in [2.24, 2.45) is 0 Å². The van der Waals surface area contributed by atoms with E-state index in [1.807, 2.05) is 49.4 Å². The van der Waals surface area contributed by atoms with Crippen LogP contribution in [0, 0.1) is 0 Å². The minimum absolute atomic E-state index is 0.178. The topological polar surface area (TPSA) is 55.4 Å². The number of ether oxygens (including phenoxy) is 1. The van der Waals surface area contributed by atoms with E-state index in [-0.39, 0.29) is 12.3 Å². The van der Waals surface area contributed by atoms with Crippen molar-refractivity contribution in [3.63, 3.8) is 0 Å². The van der Waals surface area contributed by atoms with Crippen LogP contribution in [-0.4, -0.2) is 25.0 Å². The number of amides is 1. The molecule has 0 aliphatic heterocycles. The van der Waals surface area contributed by atoms with E-state index < -0.39 is 12.0 Å². The van der Waals surface area contributed by atoms with E-state index in [4.69, 9.17) is 0 Å². The van der Waals surface area contributed by atoms with Crippen molar-refractivity contribution in [3.05, 3.63) is 48.0 Å². The molecule has 0 fully saturated rings. The number of carbonyl (C=O) groups excluding carboxylic acids is 2. The Kier molecular flexibility index (Phi) is 4.93. The molecule has 21 heavy (non-hydrogen) atoms. The molecule has 0 spiro atoms. The summed E-state index contributed by atoms with van der Waals surface area (Å²) in [6.45, 7) is 1.83. The van der Waals surface area contributed by atoms with Gasteiger partial charge >= 0.3 is 5.97 Å². The molecule has 0 bridgehead atoms. The quantitative estimate of drug-likeness (QED) is 0.859. The molecule has 0 heterocycles. The van der Waals surface area contributed by atoms with E-state index in [9.17, 15) is 9.59 Å². The van der Waals surface area contributed by atoms with Crippen molar-refractivity contribution in [2.75, 3.05) is 7.11 Å². The van der Waals surface area contributed by atoms with Gasteiger partial charge in [0.2, 0.25) is 5.91 Å². The maximum atomic E-state index is 12.0. The number of methoxy groups -OCH3 is 1. The summed E-state index contributed by atoms with van der Waals surface area (Å²) in [7, 11) is 1.32. The van der Waals surface area contributed by atoms with Gasteiger partial charge in [-0.2, -0.15) is 0 Å². The Morgan fingerprint density at radius 3 is 2.52 bits per heavy atom. The molecule has 0 saturated carbocycles. The fourth-order valence-corrected chi connectivity index (χ4v) is 2.25. The average molecular weight is 285 g/mol. The van der Waals surface area contributed by atoms with Gasteiger partial charge in [0.1, 0.15) is 6.04 Å². The monoisotopic (exact) mass is 285 g/mol. The second-order valence-electron chi connectivity index (χ2n) is 4.91. The number of hydrogen-bond acceptors (Lipinski definition) is 3. The second-order valence-corrected chi connectivity index (χ2v) is 4.91. The maximum Gasteiger partial charge on any atom is 0.328 e. The van der Waals surface area contributed by atoms with Gasteiger partial charge in [-0.15, -0.1) is 0 Å². The van der Waals surface area contributed by atoms with Gasteiger partial charge in [-0.25, -0.2) is 4.79 Å². The van der Waals surface area contributed by atoms with E-state index in [1.54, 1.807) is 0 Å². The molecule has 2 rings (SSSR count). The van der Waals surface area contributed by atoms with Crippen molar-refractivity contribution in [1.82, 2.24) is 5.32 Å². The van der Waals surface area contributed by atoms with Gasteiger partial charge < -0.3 is 10.1 Å². The SMILES string of the molecule is CC[C@@H](NC(=O)Cc1ccc2ccccc2c1)C(=O)OC. The molecule has 0 aliphatic carbocycles. The summed E-state index contributed by atoms with van der Waals surface area (Å²) in [6, 6.07) is 13.3. The van der Waals surface area contributed by atoms with Gasteiger partial charge in [0.05, 0.1) is 13.5 Å². The zero-order valence-electron chi connectivity index (χ0n) is 12.3. The molecule has 0 aromatic heterocycles. The molecule has 0 unspecified atom stereocenters. The first-order valence-electron chi connectivity index (χ1n) is 6.99. The molecule has 4 heteroatoms. The van der Waals surface area contributed by atoms with Crippen molar-refractivity contribution >= 4 is 22.6 Å². The minimum Gasteiger partial charge on any atom is -0.467 e. The third-order valence-electron chi connectivity index (χ3n) is 3.41. The number of benzene rings is 2. The standard InChI is InChI=1S/C17H19NO3/c1-3-15(17(20)21-2)18-16(19)11-12-8-9-13-6-4-5-7-14(13)10-12/h4-10,15H,3,11H2,1-2H3,(H,18,19)/t15-/m1/s1. The van der Waals surface area contributed by atoms with Gasteiger partial charge in [-0.1, -0.05) is 49.4 Å². The van der Waals surface area contributed by atoms with Crippen LogP contribution < -0.4 is 5.32 Å². The van der Waals surface area contributed by atoms with Crippen LogP contribution in [0.5, 0.6) is 0 Å². The number of fused-ring (bicyclic) bond motifs is 1. The normalized spacial score (nSPS) is 11.9. The van der Waals surface area contributed by atoms with Crippen LogP contribution in [-0.2, 0) is 20.7 Å². The van der Waals surface area contributed by atoms with Gasteiger partial charge in [0.15, 0.2) is 0 Å². The van der Waals surface area contributed by atoms with Crippen LogP contribution in [0.4, 0.5) is 0 Å². The number of rotatable bonds is 5. The predicted octanol–water partition coefficient (Wildman–Crippen LogP) is 2.45. The largest absolute Gasteiger partial charge is 0.467 e. The first-order chi connectivity index (χ1) is 10.1. The Bertz CT molecular complexity index is 651. The lowest BCUT2D eigenvalue weighted by Crippen LogP contribution is -2.41. The van der Waals surface area contributed by atoms with Gasteiger partial charge in [-0.05, 0) is 22.8 Å².